The average Bonchev–Trinajstić information content (AvgIpc) is 3.08. The summed E-state index contributed by atoms with van der Waals surface area (Å²) < 4.78 is 32.9. The summed E-state index contributed by atoms with van der Waals surface area (Å²) in [7, 11) is -0.678. The SMILES string of the molecule is COc1ccc(-c2csc(C)n2)cc1S(=O)(=O)N(C)Cc1ccccc1. The first-order valence-corrected chi connectivity index (χ1v) is 10.3. The van der Waals surface area contributed by atoms with Crippen LogP contribution in [-0.4, -0.2) is 31.9 Å². The first-order valence-electron chi connectivity index (χ1n) is 8.02. The van der Waals surface area contributed by atoms with Gasteiger partial charge in [-0.3, -0.25) is 0 Å². The summed E-state index contributed by atoms with van der Waals surface area (Å²) >= 11 is 1.53. The van der Waals surface area contributed by atoms with E-state index in [0.717, 1.165) is 21.8 Å². The second-order valence-corrected chi connectivity index (χ2v) is 8.94. The van der Waals surface area contributed by atoms with Gasteiger partial charge in [0.2, 0.25) is 10.0 Å². The molecule has 136 valence electrons. The number of sulfonamides is 1. The Kier molecular flexibility index (Phi) is 5.41. The molecule has 26 heavy (non-hydrogen) atoms. The van der Waals surface area contributed by atoms with Crippen molar-refractivity contribution in [1.82, 2.24) is 9.29 Å². The molecule has 0 radical (unpaired) electrons. The molecule has 0 aliphatic heterocycles. The van der Waals surface area contributed by atoms with Crippen molar-refractivity contribution < 1.29 is 13.2 Å². The minimum Gasteiger partial charge on any atom is -0.495 e. The highest BCUT2D eigenvalue weighted by atomic mass is 32.2. The van der Waals surface area contributed by atoms with Crippen molar-refractivity contribution in [2.45, 2.75) is 18.4 Å². The summed E-state index contributed by atoms with van der Waals surface area (Å²) in [6.45, 7) is 2.20. The standard InChI is InChI=1S/C19H20N2O3S2/c1-14-20-17(13-25-14)16-9-10-18(24-3)19(11-16)26(22,23)21(2)12-15-7-5-4-6-8-15/h4-11,13H,12H2,1-3H3. The number of aryl methyl sites for hydroxylation is 1. The molecule has 1 aromatic heterocycles. The lowest BCUT2D eigenvalue weighted by molar-refractivity contribution is 0.397. The third-order valence-electron chi connectivity index (χ3n) is 4.01. The van der Waals surface area contributed by atoms with Crippen LogP contribution < -0.4 is 4.74 Å². The van der Waals surface area contributed by atoms with Gasteiger partial charge in [-0.15, -0.1) is 11.3 Å². The summed E-state index contributed by atoms with van der Waals surface area (Å²) in [4.78, 5) is 4.58. The fourth-order valence-electron chi connectivity index (χ4n) is 2.63. The fourth-order valence-corrected chi connectivity index (χ4v) is 4.59. The van der Waals surface area contributed by atoms with Crippen LogP contribution >= 0.6 is 11.3 Å². The molecule has 0 spiro atoms. The van der Waals surface area contributed by atoms with Gasteiger partial charge in [0.25, 0.3) is 0 Å². The molecule has 7 heteroatoms. The van der Waals surface area contributed by atoms with Crippen molar-refractivity contribution in [3.8, 4) is 17.0 Å². The Morgan fingerprint density at radius 1 is 1.15 bits per heavy atom. The molecule has 0 aliphatic rings. The van der Waals surface area contributed by atoms with E-state index >= 15 is 0 Å². The van der Waals surface area contributed by atoms with Gasteiger partial charge in [-0.2, -0.15) is 4.31 Å². The third kappa shape index (κ3) is 3.80. The van der Waals surface area contributed by atoms with E-state index in [1.807, 2.05) is 48.7 Å². The zero-order valence-corrected chi connectivity index (χ0v) is 16.5. The van der Waals surface area contributed by atoms with Crippen molar-refractivity contribution in [2.24, 2.45) is 0 Å². The van der Waals surface area contributed by atoms with Crippen LogP contribution in [0.2, 0.25) is 0 Å². The van der Waals surface area contributed by atoms with E-state index in [9.17, 15) is 8.42 Å². The Hall–Kier alpha value is -2.22. The molecule has 0 unspecified atom stereocenters. The first-order chi connectivity index (χ1) is 12.4. The van der Waals surface area contributed by atoms with Crippen molar-refractivity contribution in [3.05, 3.63) is 64.5 Å². The van der Waals surface area contributed by atoms with E-state index in [1.54, 1.807) is 19.2 Å². The molecule has 0 N–H and O–H groups in total. The van der Waals surface area contributed by atoms with Gasteiger partial charge in [-0.1, -0.05) is 30.3 Å². The van der Waals surface area contributed by atoms with Crippen LogP contribution in [0.5, 0.6) is 5.75 Å². The van der Waals surface area contributed by atoms with Gasteiger partial charge in [0.05, 0.1) is 17.8 Å². The van der Waals surface area contributed by atoms with E-state index < -0.39 is 10.0 Å². The molecule has 1 heterocycles. The summed E-state index contributed by atoms with van der Waals surface area (Å²) in [5.41, 5.74) is 2.43. The largest absolute Gasteiger partial charge is 0.495 e. The lowest BCUT2D eigenvalue weighted by Gasteiger charge is -2.19. The summed E-state index contributed by atoms with van der Waals surface area (Å²) in [5.74, 6) is 0.320. The topological polar surface area (TPSA) is 59.5 Å². The number of hydrogen-bond acceptors (Lipinski definition) is 5. The highest BCUT2D eigenvalue weighted by Gasteiger charge is 2.26. The van der Waals surface area contributed by atoms with Gasteiger partial charge in [0, 0.05) is 24.5 Å². The number of benzene rings is 2. The van der Waals surface area contributed by atoms with E-state index in [2.05, 4.69) is 4.98 Å². The van der Waals surface area contributed by atoms with Crippen LogP contribution in [0.15, 0.2) is 58.8 Å². The van der Waals surface area contributed by atoms with Gasteiger partial charge in [-0.05, 0) is 30.7 Å². The van der Waals surface area contributed by atoms with Crippen molar-refractivity contribution in [3.63, 3.8) is 0 Å². The van der Waals surface area contributed by atoms with Gasteiger partial charge in [-0.25, -0.2) is 13.4 Å². The van der Waals surface area contributed by atoms with Crippen LogP contribution in [0.25, 0.3) is 11.3 Å². The molecule has 0 saturated carbocycles. The molecule has 2 aromatic carbocycles. The Morgan fingerprint density at radius 3 is 2.50 bits per heavy atom. The summed E-state index contributed by atoms with van der Waals surface area (Å²) in [6.07, 6.45) is 0. The average molecular weight is 389 g/mol. The van der Waals surface area contributed by atoms with E-state index in [1.165, 1.54) is 22.8 Å². The molecule has 3 aromatic rings. The predicted molar refractivity (Wildman–Crippen MR) is 104 cm³/mol. The van der Waals surface area contributed by atoms with Gasteiger partial charge >= 0.3 is 0 Å². The zero-order valence-electron chi connectivity index (χ0n) is 14.8. The number of rotatable bonds is 6. The first kappa shape index (κ1) is 18.6. The highest BCUT2D eigenvalue weighted by Crippen LogP contribution is 2.32. The van der Waals surface area contributed by atoms with Crippen LogP contribution in [-0.2, 0) is 16.6 Å². The van der Waals surface area contributed by atoms with Crippen LogP contribution in [0.4, 0.5) is 0 Å². The zero-order chi connectivity index (χ0) is 18.7. The van der Waals surface area contributed by atoms with Crippen molar-refractivity contribution in [2.75, 3.05) is 14.2 Å². The highest BCUT2D eigenvalue weighted by molar-refractivity contribution is 7.89. The minimum absolute atomic E-state index is 0.140. The monoisotopic (exact) mass is 388 g/mol. The number of hydrogen-bond donors (Lipinski definition) is 0. The molecule has 0 fully saturated rings. The Labute approximate surface area is 157 Å². The number of ether oxygens (including phenoxy) is 1. The maximum absolute atomic E-state index is 13.1. The third-order valence-corrected chi connectivity index (χ3v) is 6.61. The van der Waals surface area contributed by atoms with Gasteiger partial charge in [0.15, 0.2) is 0 Å². The second kappa shape index (κ2) is 7.57. The molecule has 0 aliphatic carbocycles. The number of nitrogens with zero attached hydrogens (tertiary/aromatic N) is 2. The number of thiazole rings is 1. The van der Waals surface area contributed by atoms with E-state index in [0.29, 0.717) is 5.75 Å². The second-order valence-electron chi connectivity index (χ2n) is 5.86. The maximum Gasteiger partial charge on any atom is 0.246 e. The lowest BCUT2D eigenvalue weighted by atomic mass is 10.2. The summed E-state index contributed by atoms with van der Waals surface area (Å²) in [6, 6.07) is 14.6. The Bertz CT molecular complexity index is 999. The van der Waals surface area contributed by atoms with Crippen molar-refractivity contribution >= 4 is 21.4 Å². The smallest absolute Gasteiger partial charge is 0.246 e. The fraction of sp³-hybridized carbons (Fsp3) is 0.211. The quantitative estimate of drug-likeness (QED) is 0.642. The van der Waals surface area contributed by atoms with Gasteiger partial charge in [0.1, 0.15) is 10.6 Å². The lowest BCUT2D eigenvalue weighted by Crippen LogP contribution is -2.27. The Morgan fingerprint density at radius 2 is 1.88 bits per heavy atom. The molecular formula is C19H20N2O3S2. The molecule has 0 bridgehead atoms. The molecule has 0 saturated heterocycles. The molecular weight excluding hydrogens is 368 g/mol. The number of methoxy groups -OCH3 is 1. The van der Waals surface area contributed by atoms with Crippen LogP contribution in [0.1, 0.15) is 10.6 Å². The van der Waals surface area contributed by atoms with Crippen LogP contribution in [0.3, 0.4) is 0 Å². The molecule has 0 atom stereocenters. The maximum atomic E-state index is 13.1. The van der Waals surface area contributed by atoms with Gasteiger partial charge < -0.3 is 4.74 Å². The van der Waals surface area contributed by atoms with Crippen molar-refractivity contribution in [1.29, 1.82) is 0 Å². The Balaban J connectivity index is 1.99. The minimum atomic E-state index is -3.72. The normalized spacial score (nSPS) is 11.7. The number of aromatic nitrogens is 1. The summed E-state index contributed by atoms with van der Waals surface area (Å²) in [5, 5.41) is 2.85. The van der Waals surface area contributed by atoms with Crippen LogP contribution in [0, 0.1) is 6.92 Å². The molecule has 5 nitrogen and oxygen atoms in total. The predicted octanol–water partition coefficient (Wildman–Crippen LogP) is 3.95. The molecule has 0 amide bonds. The van der Waals surface area contributed by atoms with E-state index in [-0.39, 0.29) is 11.4 Å². The van der Waals surface area contributed by atoms with E-state index in [4.69, 9.17) is 4.74 Å². The molecule has 3 rings (SSSR count).